The molecule has 0 radical (unpaired) electrons. The topological polar surface area (TPSA) is 23.5 Å². The zero-order chi connectivity index (χ0) is 11.4. The van der Waals surface area contributed by atoms with Crippen LogP contribution in [0.5, 0.6) is 0 Å². The van der Waals surface area contributed by atoms with Gasteiger partial charge in [0.15, 0.2) is 0 Å². The predicted octanol–water partition coefficient (Wildman–Crippen LogP) is 3.47. The van der Waals surface area contributed by atoms with Crippen molar-refractivity contribution in [1.29, 1.82) is 0 Å². The highest BCUT2D eigenvalue weighted by Crippen LogP contribution is 2.23. The molecule has 0 spiro atoms. The van der Waals surface area contributed by atoms with Crippen LogP contribution in [-0.2, 0) is 0 Å². The Bertz CT molecular complexity index is 304. The lowest BCUT2D eigenvalue weighted by molar-refractivity contribution is 0.111. The molecule has 0 bridgehead atoms. The van der Waals surface area contributed by atoms with Crippen LogP contribution in [0.15, 0.2) is 17.5 Å². The Kier molecular flexibility index (Phi) is 6.49. The van der Waals surface area contributed by atoms with Gasteiger partial charge in [-0.1, -0.05) is 12.5 Å². The molecule has 4 heteroatoms. The van der Waals surface area contributed by atoms with Crippen molar-refractivity contribution in [2.24, 2.45) is 0 Å². The summed E-state index contributed by atoms with van der Waals surface area (Å²) in [7, 11) is 0. The van der Waals surface area contributed by atoms with Crippen LogP contribution in [-0.4, -0.2) is 29.1 Å². The fourth-order valence-electron chi connectivity index (χ4n) is 2.40. The van der Waals surface area contributed by atoms with Gasteiger partial charge in [-0.2, -0.15) is 0 Å². The van der Waals surface area contributed by atoms with Gasteiger partial charge < -0.3 is 10.0 Å². The van der Waals surface area contributed by atoms with Gasteiger partial charge in [-0.25, -0.2) is 0 Å². The standard InChI is InChI=1S/C13H21NOS.ClH/c1-11-5-2-3-8-14(11)9-7-12(15)13-6-4-10-16-13;/h4,6,10-12,15H,2-3,5,7-9H2,1H3;1H. The first-order valence-electron chi connectivity index (χ1n) is 6.23. The molecule has 1 aliphatic rings. The smallest absolute Gasteiger partial charge is 0.0894 e. The number of nitrogens with zero attached hydrogens (tertiary/aromatic N) is 1. The third-order valence-electron chi connectivity index (χ3n) is 3.50. The molecule has 1 N–H and O–H groups in total. The van der Waals surface area contributed by atoms with E-state index in [9.17, 15) is 5.11 Å². The molecule has 1 fully saturated rings. The molecule has 2 atom stereocenters. The Morgan fingerprint density at radius 2 is 2.35 bits per heavy atom. The summed E-state index contributed by atoms with van der Waals surface area (Å²) in [6.07, 6.45) is 4.60. The summed E-state index contributed by atoms with van der Waals surface area (Å²) in [6.45, 7) is 4.54. The minimum absolute atomic E-state index is 0. The van der Waals surface area contributed by atoms with Gasteiger partial charge in [-0.15, -0.1) is 23.7 Å². The van der Waals surface area contributed by atoms with Gasteiger partial charge in [0.1, 0.15) is 0 Å². The van der Waals surface area contributed by atoms with Crippen molar-refractivity contribution in [2.75, 3.05) is 13.1 Å². The lowest BCUT2D eigenvalue weighted by atomic mass is 10.0. The van der Waals surface area contributed by atoms with Gasteiger partial charge >= 0.3 is 0 Å². The third-order valence-corrected chi connectivity index (χ3v) is 4.48. The van der Waals surface area contributed by atoms with E-state index < -0.39 is 0 Å². The van der Waals surface area contributed by atoms with E-state index in [-0.39, 0.29) is 18.5 Å². The first kappa shape index (κ1) is 15.0. The van der Waals surface area contributed by atoms with E-state index in [1.807, 2.05) is 17.5 Å². The molecule has 2 nitrogen and oxygen atoms in total. The molecule has 1 aliphatic heterocycles. The first-order chi connectivity index (χ1) is 7.77. The Hall–Kier alpha value is -0.0900. The Morgan fingerprint density at radius 3 is 3.00 bits per heavy atom. The molecule has 2 rings (SSSR count). The number of likely N-dealkylation sites (tertiary alicyclic amines) is 1. The maximum absolute atomic E-state index is 10.0. The molecule has 0 saturated carbocycles. The van der Waals surface area contributed by atoms with Crippen molar-refractivity contribution in [3.8, 4) is 0 Å². The molecule has 17 heavy (non-hydrogen) atoms. The fraction of sp³-hybridized carbons (Fsp3) is 0.692. The molecule has 2 unspecified atom stereocenters. The highest BCUT2D eigenvalue weighted by Gasteiger charge is 2.19. The van der Waals surface area contributed by atoms with E-state index in [4.69, 9.17) is 0 Å². The van der Waals surface area contributed by atoms with Crippen LogP contribution in [0.4, 0.5) is 0 Å². The van der Waals surface area contributed by atoms with Crippen molar-refractivity contribution in [3.05, 3.63) is 22.4 Å². The zero-order valence-electron chi connectivity index (χ0n) is 10.3. The summed E-state index contributed by atoms with van der Waals surface area (Å²) in [5, 5.41) is 12.0. The monoisotopic (exact) mass is 275 g/mol. The third kappa shape index (κ3) is 4.25. The summed E-state index contributed by atoms with van der Waals surface area (Å²) >= 11 is 1.65. The summed E-state index contributed by atoms with van der Waals surface area (Å²) in [4.78, 5) is 3.62. The molecule has 2 heterocycles. The molecule has 1 saturated heterocycles. The second-order valence-electron chi connectivity index (χ2n) is 4.70. The summed E-state index contributed by atoms with van der Waals surface area (Å²) in [5.74, 6) is 0. The van der Waals surface area contributed by atoms with Crippen LogP contribution >= 0.6 is 23.7 Å². The van der Waals surface area contributed by atoms with Gasteiger partial charge in [0.05, 0.1) is 6.10 Å². The maximum atomic E-state index is 10.0. The van der Waals surface area contributed by atoms with Gasteiger partial charge in [0.25, 0.3) is 0 Å². The highest BCUT2D eigenvalue weighted by atomic mass is 35.5. The number of piperidine rings is 1. The number of thiophene rings is 1. The minimum atomic E-state index is -0.269. The van der Waals surface area contributed by atoms with Crippen molar-refractivity contribution in [3.63, 3.8) is 0 Å². The number of hydrogen-bond acceptors (Lipinski definition) is 3. The van der Waals surface area contributed by atoms with Crippen LogP contribution in [0.1, 0.15) is 43.6 Å². The minimum Gasteiger partial charge on any atom is -0.388 e. The average Bonchev–Trinajstić information content (AvgIpc) is 2.81. The molecule has 0 aromatic carbocycles. The average molecular weight is 276 g/mol. The number of aliphatic hydroxyl groups is 1. The van der Waals surface area contributed by atoms with E-state index >= 15 is 0 Å². The zero-order valence-corrected chi connectivity index (χ0v) is 12.0. The Balaban J connectivity index is 0.00000144. The van der Waals surface area contributed by atoms with Crippen LogP contribution in [0.3, 0.4) is 0 Å². The van der Waals surface area contributed by atoms with Crippen LogP contribution in [0.2, 0.25) is 0 Å². The van der Waals surface area contributed by atoms with E-state index in [0.717, 1.165) is 17.8 Å². The molecule has 1 aromatic rings. The lowest BCUT2D eigenvalue weighted by Gasteiger charge is -2.33. The number of aliphatic hydroxyl groups excluding tert-OH is 1. The molecule has 0 amide bonds. The highest BCUT2D eigenvalue weighted by molar-refractivity contribution is 7.10. The van der Waals surface area contributed by atoms with Crippen LogP contribution < -0.4 is 0 Å². The molecule has 0 aliphatic carbocycles. The van der Waals surface area contributed by atoms with E-state index in [1.54, 1.807) is 11.3 Å². The van der Waals surface area contributed by atoms with Crippen molar-refractivity contribution in [1.82, 2.24) is 4.90 Å². The summed E-state index contributed by atoms with van der Waals surface area (Å²) in [6, 6.07) is 4.73. The summed E-state index contributed by atoms with van der Waals surface area (Å²) in [5.41, 5.74) is 0. The lowest BCUT2D eigenvalue weighted by Crippen LogP contribution is -2.38. The summed E-state index contributed by atoms with van der Waals surface area (Å²) < 4.78 is 0. The van der Waals surface area contributed by atoms with Crippen molar-refractivity contribution >= 4 is 23.7 Å². The van der Waals surface area contributed by atoms with E-state index in [1.165, 1.54) is 25.8 Å². The van der Waals surface area contributed by atoms with Crippen molar-refractivity contribution in [2.45, 2.75) is 44.8 Å². The predicted molar refractivity (Wildman–Crippen MR) is 76.0 cm³/mol. The van der Waals surface area contributed by atoms with Gasteiger partial charge in [0, 0.05) is 17.5 Å². The van der Waals surface area contributed by atoms with E-state index in [2.05, 4.69) is 11.8 Å². The van der Waals surface area contributed by atoms with Gasteiger partial charge in [0.2, 0.25) is 0 Å². The quantitative estimate of drug-likeness (QED) is 0.910. The molecular formula is C13H22ClNOS. The second kappa shape index (κ2) is 7.37. The number of halogens is 1. The molecule has 98 valence electrons. The van der Waals surface area contributed by atoms with Gasteiger partial charge in [-0.05, 0) is 44.2 Å². The van der Waals surface area contributed by atoms with E-state index in [0.29, 0.717) is 6.04 Å². The van der Waals surface area contributed by atoms with Crippen molar-refractivity contribution < 1.29 is 5.11 Å². The molecule has 1 aromatic heterocycles. The normalized spacial score (nSPS) is 23.1. The van der Waals surface area contributed by atoms with Crippen LogP contribution in [0, 0.1) is 0 Å². The maximum Gasteiger partial charge on any atom is 0.0894 e. The van der Waals surface area contributed by atoms with Crippen LogP contribution in [0.25, 0.3) is 0 Å². The second-order valence-corrected chi connectivity index (χ2v) is 5.68. The first-order valence-corrected chi connectivity index (χ1v) is 7.11. The van der Waals surface area contributed by atoms with Gasteiger partial charge in [-0.3, -0.25) is 0 Å². The molecular weight excluding hydrogens is 254 g/mol. The fourth-order valence-corrected chi connectivity index (χ4v) is 3.15. The number of rotatable bonds is 4. The number of hydrogen-bond donors (Lipinski definition) is 1. The SMILES string of the molecule is CC1CCCCN1CCC(O)c1cccs1.Cl. The largest absolute Gasteiger partial charge is 0.388 e. The Morgan fingerprint density at radius 1 is 1.53 bits per heavy atom. The Labute approximate surface area is 114 Å².